The minimum atomic E-state index is 0.641. The lowest BCUT2D eigenvalue weighted by Gasteiger charge is -2.11. The van der Waals surface area contributed by atoms with E-state index in [1.807, 2.05) is 43.3 Å². The Morgan fingerprint density at radius 1 is 1.12 bits per heavy atom. The van der Waals surface area contributed by atoms with E-state index in [2.05, 4.69) is 21.2 Å². The molecule has 0 spiro atoms. The Balaban J connectivity index is 2.36. The maximum absolute atomic E-state index is 11.0. The van der Waals surface area contributed by atoms with Gasteiger partial charge in [0.05, 0.1) is 0 Å². The third-order valence-electron chi connectivity index (χ3n) is 2.55. The molecule has 2 nitrogen and oxygen atoms in total. The normalized spacial score (nSPS) is 10.0. The molecule has 0 aliphatic rings. The van der Waals surface area contributed by atoms with Crippen LogP contribution in [0.3, 0.4) is 0 Å². The van der Waals surface area contributed by atoms with Crippen LogP contribution >= 0.6 is 15.9 Å². The van der Waals surface area contributed by atoms with Crippen LogP contribution in [0.5, 0.6) is 0 Å². The molecule has 0 unspecified atom stereocenters. The van der Waals surface area contributed by atoms with Gasteiger partial charge in [0.15, 0.2) is 6.29 Å². The number of anilines is 2. The molecule has 0 aliphatic heterocycles. The third kappa shape index (κ3) is 2.74. The molecule has 86 valence electrons. The highest BCUT2D eigenvalue weighted by molar-refractivity contribution is 9.10. The first-order valence-corrected chi connectivity index (χ1v) is 6.07. The van der Waals surface area contributed by atoms with Crippen molar-refractivity contribution in [3.8, 4) is 0 Å². The van der Waals surface area contributed by atoms with Crippen molar-refractivity contribution in [3.05, 3.63) is 58.1 Å². The minimum Gasteiger partial charge on any atom is -0.355 e. The molecule has 0 heterocycles. The SMILES string of the molecule is Cc1ccccc1Nc1ccc(Br)cc1C=O. The fourth-order valence-electron chi connectivity index (χ4n) is 1.60. The van der Waals surface area contributed by atoms with E-state index in [1.165, 1.54) is 0 Å². The lowest BCUT2D eigenvalue weighted by molar-refractivity contribution is 0.112. The van der Waals surface area contributed by atoms with Crippen molar-refractivity contribution >= 4 is 33.6 Å². The smallest absolute Gasteiger partial charge is 0.152 e. The zero-order valence-electron chi connectivity index (χ0n) is 9.41. The first-order valence-electron chi connectivity index (χ1n) is 5.28. The minimum absolute atomic E-state index is 0.641. The summed E-state index contributed by atoms with van der Waals surface area (Å²) in [6, 6.07) is 13.6. The van der Waals surface area contributed by atoms with E-state index in [0.29, 0.717) is 5.56 Å². The monoisotopic (exact) mass is 289 g/mol. The lowest BCUT2D eigenvalue weighted by Crippen LogP contribution is -1.96. The largest absolute Gasteiger partial charge is 0.355 e. The lowest BCUT2D eigenvalue weighted by atomic mass is 10.1. The third-order valence-corrected chi connectivity index (χ3v) is 3.05. The zero-order valence-corrected chi connectivity index (χ0v) is 11.0. The number of carbonyl (C=O) groups excluding carboxylic acids is 1. The molecule has 3 heteroatoms. The number of halogens is 1. The molecule has 0 radical (unpaired) electrons. The molecule has 0 amide bonds. The Morgan fingerprint density at radius 2 is 1.88 bits per heavy atom. The standard InChI is InChI=1S/C14H12BrNO/c1-10-4-2-3-5-13(10)16-14-7-6-12(15)8-11(14)9-17/h2-9,16H,1H3. The summed E-state index contributed by atoms with van der Waals surface area (Å²) in [6.45, 7) is 2.03. The van der Waals surface area contributed by atoms with Gasteiger partial charge in [-0.25, -0.2) is 0 Å². The Morgan fingerprint density at radius 3 is 2.59 bits per heavy atom. The number of aldehydes is 1. The van der Waals surface area contributed by atoms with Crippen LogP contribution in [-0.4, -0.2) is 6.29 Å². The molecule has 0 aromatic heterocycles. The highest BCUT2D eigenvalue weighted by Crippen LogP contribution is 2.24. The summed E-state index contributed by atoms with van der Waals surface area (Å²) >= 11 is 3.35. The van der Waals surface area contributed by atoms with Crippen LogP contribution in [0.15, 0.2) is 46.9 Å². The average molecular weight is 290 g/mol. The van der Waals surface area contributed by atoms with Gasteiger partial charge >= 0.3 is 0 Å². The molecule has 17 heavy (non-hydrogen) atoms. The van der Waals surface area contributed by atoms with Crippen LogP contribution in [-0.2, 0) is 0 Å². The van der Waals surface area contributed by atoms with Crippen molar-refractivity contribution in [2.45, 2.75) is 6.92 Å². The van der Waals surface area contributed by atoms with Gasteiger partial charge in [-0.3, -0.25) is 4.79 Å². The first-order chi connectivity index (χ1) is 8.20. The van der Waals surface area contributed by atoms with Gasteiger partial charge in [0.1, 0.15) is 0 Å². The predicted molar refractivity (Wildman–Crippen MR) is 74.0 cm³/mol. The summed E-state index contributed by atoms with van der Waals surface area (Å²) in [5.74, 6) is 0. The second kappa shape index (κ2) is 5.15. The number of rotatable bonds is 3. The Kier molecular flexibility index (Phi) is 3.59. The van der Waals surface area contributed by atoms with E-state index in [9.17, 15) is 4.79 Å². The summed E-state index contributed by atoms with van der Waals surface area (Å²) in [5.41, 5.74) is 3.62. The number of hydrogen-bond donors (Lipinski definition) is 1. The van der Waals surface area contributed by atoms with E-state index < -0.39 is 0 Å². The maximum Gasteiger partial charge on any atom is 0.152 e. The Labute approximate surface area is 109 Å². The number of para-hydroxylation sites is 1. The van der Waals surface area contributed by atoms with E-state index in [1.54, 1.807) is 6.07 Å². The van der Waals surface area contributed by atoms with Crippen molar-refractivity contribution in [1.82, 2.24) is 0 Å². The highest BCUT2D eigenvalue weighted by Gasteiger charge is 2.04. The van der Waals surface area contributed by atoms with Gasteiger partial charge in [0.25, 0.3) is 0 Å². The summed E-state index contributed by atoms with van der Waals surface area (Å²) in [7, 11) is 0. The molecule has 0 aliphatic carbocycles. The van der Waals surface area contributed by atoms with Crippen molar-refractivity contribution in [2.24, 2.45) is 0 Å². The van der Waals surface area contributed by atoms with Gasteiger partial charge in [-0.05, 0) is 36.8 Å². The van der Waals surface area contributed by atoms with Gasteiger partial charge in [-0.15, -0.1) is 0 Å². The average Bonchev–Trinajstić information content (AvgIpc) is 2.34. The molecular formula is C14H12BrNO. The maximum atomic E-state index is 11.0. The molecule has 0 saturated heterocycles. The van der Waals surface area contributed by atoms with Crippen LogP contribution in [0.25, 0.3) is 0 Å². The van der Waals surface area contributed by atoms with Crippen LogP contribution in [0.4, 0.5) is 11.4 Å². The number of benzene rings is 2. The molecule has 2 aromatic carbocycles. The predicted octanol–water partition coefficient (Wildman–Crippen LogP) is 4.31. The second-order valence-electron chi connectivity index (χ2n) is 3.79. The molecule has 0 saturated carbocycles. The quantitative estimate of drug-likeness (QED) is 0.853. The van der Waals surface area contributed by atoms with E-state index in [0.717, 1.165) is 27.7 Å². The van der Waals surface area contributed by atoms with Crippen LogP contribution in [0.2, 0.25) is 0 Å². The Bertz CT molecular complexity index is 552. The topological polar surface area (TPSA) is 29.1 Å². The fourth-order valence-corrected chi connectivity index (χ4v) is 1.98. The van der Waals surface area contributed by atoms with E-state index in [4.69, 9.17) is 0 Å². The number of nitrogens with one attached hydrogen (secondary N) is 1. The summed E-state index contributed by atoms with van der Waals surface area (Å²) in [4.78, 5) is 11.0. The number of hydrogen-bond acceptors (Lipinski definition) is 2. The van der Waals surface area contributed by atoms with Crippen molar-refractivity contribution in [3.63, 3.8) is 0 Å². The molecule has 0 atom stereocenters. The number of aryl methyl sites for hydroxylation is 1. The van der Waals surface area contributed by atoms with E-state index >= 15 is 0 Å². The van der Waals surface area contributed by atoms with E-state index in [-0.39, 0.29) is 0 Å². The first kappa shape index (κ1) is 11.9. The molecule has 0 bridgehead atoms. The van der Waals surface area contributed by atoms with Gasteiger partial charge in [-0.2, -0.15) is 0 Å². The van der Waals surface area contributed by atoms with Crippen molar-refractivity contribution in [1.29, 1.82) is 0 Å². The highest BCUT2D eigenvalue weighted by atomic mass is 79.9. The van der Waals surface area contributed by atoms with Gasteiger partial charge in [-0.1, -0.05) is 34.1 Å². The molecule has 2 aromatic rings. The van der Waals surface area contributed by atoms with Gasteiger partial charge in [0.2, 0.25) is 0 Å². The van der Waals surface area contributed by atoms with Crippen molar-refractivity contribution in [2.75, 3.05) is 5.32 Å². The van der Waals surface area contributed by atoms with Crippen LogP contribution < -0.4 is 5.32 Å². The van der Waals surface area contributed by atoms with Gasteiger partial charge in [0, 0.05) is 21.4 Å². The molecule has 0 fully saturated rings. The van der Waals surface area contributed by atoms with Crippen LogP contribution in [0, 0.1) is 6.92 Å². The second-order valence-corrected chi connectivity index (χ2v) is 4.71. The number of carbonyl (C=O) groups is 1. The zero-order chi connectivity index (χ0) is 12.3. The molecular weight excluding hydrogens is 278 g/mol. The molecule has 2 rings (SSSR count). The summed E-state index contributed by atoms with van der Waals surface area (Å²) < 4.78 is 0.898. The fraction of sp³-hybridized carbons (Fsp3) is 0.0714. The van der Waals surface area contributed by atoms with Gasteiger partial charge < -0.3 is 5.32 Å². The summed E-state index contributed by atoms with van der Waals surface area (Å²) in [5, 5.41) is 3.27. The van der Waals surface area contributed by atoms with Crippen LogP contribution in [0.1, 0.15) is 15.9 Å². The summed E-state index contributed by atoms with van der Waals surface area (Å²) in [6.07, 6.45) is 0.853. The van der Waals surface area contributed by atoms with Crippen molar-refractivity contribution < 1.29 is 4.79 Å². The Hall–Kier alpha value is -1.61. The molecule has 1 N–H and O–H groups in total.